The van der Waals surface area contributed by atoms with Crippen LogP contribution >= 0.6 is 0 Å². The molecule has 0 amide bonds. The molecule has 0 N–H and O–H groups in total. The van der Waals surface area contributed by atoms with Crippen molar-refractivity contribution in [2.45, 2.75) is 26.3 Å². The summed E-state index contributed by atoms with van der Waals surface area (Å²) in [5.41, 5.74) is 0. The van der Waals surface area contributed by atoms with E-state index < -0.39 is 0 Å². The van der Waals surface area contributed by atoms with Crippen molar-refractivity contribution in [2.24, 2.45) is 4.99 Å². The lowest BCUT2D eigenvalue weighted by molar-refractivity contribution is 0.464. The summed E-state index contributed by atoms with van der Waals surface area (Å²) in [4.78, 5) is 6.36. The predicted molar refractivity (Wildman–Crippen MR) is 44.1 cm³/mol. The third-order valence-electron chi connectivity index (χ3n) is 1.68. The van der Waals surface area contributed by atoms with Gasteiger partial charge in [-0.3, -0.25) is 4.99 Å². The molecule has 1 aliphatic rings. The summed E-state index contributed by atoms with van der Waals surface area (Å²) >= 11 is 0. The lowest BCUT2D eigenvalue weighted by atomic mass is 10.3. The molecule has 0 atom stereocenters. The van der Waals surface area contributed by atoms with Gasteiger partial charge >= 0.3 is 0 Å². The van der Waals surface area contributed by atoms with Gasteiger partial charge in [0.15, 0.2) is 0 Å². The monoisotopic (exact) mass is 138 g/mol. The number of nitrogens with zero attached hydrogens (tertiary/aromatic N) is 2. The number of aliphatic imine (C=N–C) groups is 1. The van der Waals surface area contributed by atoms with E-state index in [0.717, 1.165) is 6.42 Å². The standard InChI is InChI=1S/C8H14N2/c1-7(2)10-6-4-5-8(10)9-3/h4,6-7H,5H2,1-3H3. The zero-order valence-electron chi connectivity index (χ0n) is 6.83. The molecular weight excluding hydrogens is 124 g/mol. The first-order valence-electron chi connectivity index (χ1n) is 3.66. The zero-order chi connectivity index (χ0) is 7.56. The molecule has 1 heterocycles. The first kappa shape index (κ1) is 7.32. The van der Waals surface area contributed by atoms with E-state index in [1.54, 1.807) is 0 Å². The van der Waals surface area contributed by atoms with E-state index in [9.17, 15) is 0 Å². The highest BCUT2D eigenvalue weighted by Gasteiger charge is 2.14. The predicted octanol–water partition coefficient (Wildman–Crippen LogP) is 1.64. The van der Waals surface area contributed by atoms with Crippen molar-refractivity contribution in [3.63, 3.8) is 0 Å². The molecule has 0 radical (unpaired) electrons. The smallest absolute Gasteiger partial charge is 0.107 e. The third-order valence-corrected chi connectivity index (χ3v) is 1.68. The van der Waals surface area contributed by atoms with E-state index in [4.69, 9.17) is 0 Å². The van der Waals surface area contributed by atoms with E-state index in [1.165, 1.54) is 5.84 Å². The maximum Gasteiger partial charge on any atom is 0.107 e. The molecule has 0 aliphatic carbocycles. The molecule has 10 heavy (non-hydrogen) atoms. The molecular formula is C8H14N2. The molecule has 0 unspecified atom stereocenters. The van der Waals surface area contributed by atoms with Crippen molar-refractivity contribution in [2.75, 3.05) is 7.05 Å². The highest BCUT2D eigenvalue weighted by molar-refractivity contribution is 5.86. The minimum absolute atomic E-state index is 0.539. The second kappa shape index (κ2) is 2.86. The normalized spacial score (nSPS) is 21.6. The van der Waals surface area contributed by atoms with Crippen molar-refractivity contribution in [3.8, 4) is 0 Å². The van der Waals surface area contributed by atoms with Crippen LogP contribution in [-0.2, 0) is 0 Å². The fourth-order valence-electron chi connectivity index (χ4n) is 1.14. The summed E-state index contributed by atoms with van der Waals surface area (Å²) in [6, 6.07) is 0.539. The maximum atomic E-state index is 4.17. The van der Waals surface area contributed by atoms with Crippen LogP contribution in [-0.4, -0.2) is 23.8 Å². The Morgan fingerprint density at radius 2 is 2.30 bits per heavy atom. The highest BCUT2D eigenvalue weighted by Crippen LogP contribution is 2.11. The third kappa shape index (κ3) is 1.20. The first-order chi connectivity index (χ1) is 4.75. The van der Waals surface area contributed by atoms with Crippen LogP contribution in [0.4, 0.5) is 0 Å². The Balaban J connectivity index is 2.67. The van der Waals surface area contributed by atoms with Crippen molar-refractivity contribution < 1.29 is 0 Å². The second-order valence-corrected chi connectivity index (χ2v) is 2.73. The number of rotatable bonds is 1. The van der Waals surface area contributed by atoms with Gasteiger partial charge < -0.3 is 4.90 Å². The molecule has 0 aromatic heterocycles. The van der Waals surface area contributed by atoms with E-state index >= 15 is 0 Å². The van der Waals surface area contributed by atoms with Crippen molar-refractivity contribution >= 4 is 5.84 Å². The molecule has 0 aromatic carbocycles. The van der Waals surface area contributed by atoms with Crippen LogP contribution in [0.3, 0.4) is 0 Å². The van der Waals surface area contributed by atoms with Gasteiger partial charge in [0.25, 0.3) is 0 Å². The van der Waals surface area contributed by atoms with Crippen LogP contribution in [0.15, 0.2) is 17.3 Å². The van der Waals surface area contributed by atoms with E-state index in [1.807, 2.05) is 7.05 Å². The second-order valence-electron chi connectivity index (χ2n) is 2.73. The van der Waals surface area contributed by atoms with Crippen LogP contribution in [0.25, 0.3) is 0 Å². The van der Waals surface area contributed by atoms with E-state index in [2.05, 4.69) is 36.0 Å². The van der Waals surface area contributed by atoms with Crippen molar-refractivity contribution in [1.82, 2.24) is 4.90 Å². The summed E-state index contributed by atoms with van der Waals surface area (Å²) in [5.74, 6) is 1.18. The van der Waals surface area contributed by atoms with Crippen LogP contribution in [0.5, 0.6) is 0 Å². The van der Waals surface area contributed by atoms with E-state index in [-0.39, 0.29) is 0 Å². The quantitative estimate of drug-likeness (QED) is 0.538. The molecule has 0 fully saturated rings. The van der Waals surface area contributed by atoms with Crippen molar-refractivity contribution in [1.29, 1.82) is 0 Å². The number of hydrogen-bond acceptors (Lipinski definition) is 1. The summed E-state index contributed by atoms with van der Waals surface area (Å²) in [7, 11) is 1.84. The van der Waals surface area contributed by atoms with Crippen LogP contribution in [0.1, 0.15) is 20.3 Å². The van der Waals surface area contributed by atoms with Crippen LogP contribution in [0, 0.1) is 0 Å². The summed E-state index contributed by atoms with van der Waals surface area (Å²) in [5, 5.41) is 0. The minimum atomic E-state index is 0.539. The lowest BCUT2D eigenvalue weighted by Gasteiger charge is -2.20. The average molecular weight is 138 g/mol. The topological polar surface area (TPSA) is 15.6 Å². The largest absolute Gasteiger partial charge is 0.334 e. The Morgan fingerprint density at radius 3 is 2.70 bits per heavy atom. The van der Waals surface area contributed by atoms with Gasteiger partial charge in [-0.15, -0.1) is 0 Å². The molecule has 0 saturated carbocycles. The fraction of sp³-hybridized carbons (Fsp3) is 0.625. The lowest BCUT2D eigenvalue weighted by Crippen LogP contribution is -2.28. The molecule has 2 heteroatoms. The van der Waals surface area contributed by atoms with Crippen molar-refractivity contribution in [3.05, 3.63) is 12.3 Å². The van der Waals surface area contributed by atoms with Gasteiger partial charge in [0.1, 0.15) is 5.84 Å². The molecule has 2 nitrogen and oxygen atoms in total. The number of hydrogen-bond donors (Lipinski definition) is 0. The molecule has 1 aliphatic heterocycles. The molecule has 0 aromatic rings. The van der Waals surface area contributed by atoms with Gasteiger partial charge in [-0.05, 0) is 13.8 Å². The van der Waals surface area contributed by atoms with Gasteiger partial charge in [0, 0.05) is 25.7 Å². The summed E-state index contributed by atoms with van der Waals surface area (Å²) < 4.78 is 0. The van der Waals surface area contributed by atoms with Gasteiger partial charge in [-0.1, -0.05) is 6.08 Å². The molecule has 0 spiro atoms. The van der Waals surface area contributed by atoms with Gasteiger partial charge in [0.05, 0.1) is 0 Å². The van der Waals surface area contributed by atoms with E-state index in [0.29, 0.717) is 6.04 Å². The molecule has 1 rings (SSSR count). The first-order valence-corrected chi connectivity index (χ1v) is 3.66. The molecule has 0 saturated heterocycles. The average Bonchev–Trinajstić information content (AvgIpc) is 2.33. The van der Waals surface area contributed by atoms with Gasteiger partial charge in [0.2, 0.25) is 0 Å². The Bertz CT molecular complexity index is 168. The maximum absolute atomic E-state index is 4.17. The van der Waals surface area contributed by atoms with Crippen LogP contribution in [0.2, 0.25) is 0 Å². The van der Waals surface area contributed by atoms with Crippen LogP contribution < -0.4 is 0 Å². The molecule has 56 valence electrons. The SMILES string of the molecule is CN=C1CC=CN1C(C)C. The van der Waals surface area contributed by atoms with Gasteiger partial charge in [-0.25, -0.2) is 0 Å². The van der Waals surface area contributed by atoms with Gasteiger partial charge in [-0.2, -0.15) is 0 Å². The highest BCUT2D eigenvalue weighted by atomic mass is 15.2. The Kier molecular flexibility index (Phi) is 2.10. The minimum Gasteiger partial charge on any atom is -0.334 e. The zero-order valence-corrected chi connectivity index (χ0v) is 6.83. The summed E-state index contributed by atoms with van der Waals surface area (Å²) in [6.45, 7) is 4.34. The number of amidine groups is 1. The fourth-order valence-corrected chi connectivity index (χ4v) is 1.14. The Hall–Kier alpha value is -0.790. The summed E-state index contributed by atoms with van der Waals surface area (Å²) in [6.07, 6.45) is 5.24. The Labute approximate surface area is 62.3 Å². The molecule has 0 bridgehead atoms. The Morgan fingerprint density at radius 1 is 1.60 bits per heavy atom.